The van der Waals surface area contributed by atoms with Crippen LogP contribution in [-0.2, 0) is 6.42 Å². The third kappa shape index (κ3) is 4.66. The minimum absolute atomic E-state index is 0.101. The molecule has 1 saturated carbocycles. The van der Waals surface area contributed by atoms with E-state index in [0.29, 0.717) is 35.8 Å². The fraction of sp³-hybridized carbons (Fsp3) is 0.571. The number of halogens is 2. The zero-order valence-corrected chi connectivity index (χ0v) is 19.1. The summed E-state index contributed by atoms with van der Waals surface area (Å²) in [6.45, 7) is 4.84. The number of hydrogen-bond acceptors (Lipinski definition) is 1. The zero-order chi connectivity index (χ0) is 21.8. The van der Waals surface area contributed by atoms with E-state index in [-0.39, 0.29) is 11.6 Å². The van der Waals surface area contributed by atoms with Gasteiger partial charge in [0.1, 0.15) is 5.82 Å². The Morgan fingerprint density at radius 3 is 2.19 bits per heavy atom. The van der Waals surface area contributed by atoms with E-state index in [1.54, 1.807) is 6.07 Å². The molecule has 0 radical (unpaired) electrons. The van der Waals surface area contributed by atoms with Crippen LogP contribution in [0.3, 0.4) is 0 Å². The first-order valence-corrected chi connectivity index (χ1v) is 12.4. The fourth-order valence-corrected chi connectivity index (χ4v) is 5.46. The second kappa shape index (κ2) is 10.1. The molecule has 31 heavy (non-hydrogen) atoms. The predicted octanol–water partition coefficient (Wildman–Crippen LogP) is 8.57. The molecule has 2 aromatic carbocycles. The molecule has 0 unspecified atom stereocenters. The number of hydrogen-bond donors (Lipinski definition) is 0. The molecule has 4 rings (SSSR count). The Morgan fingerprint density at radius 2 is 1.48 bits per heavy atom. The van der Waals surface area contributed by atoms with Gasteiger partial charge in [0.15, 0.2) is 11.6 Å². The van der Waals surface area contributed by atoms with Crippen molar-refractivity contribution in [2.24, 2.45) is 5.92 Å². The molecule has 2 aliphatic carbocycles. The molecule has 0 aromatic heterocycles. The van der Waals surface area contributed by atoms with Gasteiger partial charge in [0.25, 0.3) is 0 Å². The third-order valence-electron chi connectivity index (χ3n) is 7.38. The number of benzene rings is 2. The van der Waals surface area contributed by atoms with Crippen LogP contribution in [0.15, 0.2) is 24.3 Å². The van der Waals surface area contributed by atoms with Gasteiger partial charge in [-0.2, -0.15) is 0 Å². The molecule has 1 fully saturated rings. The van der Waals surface area contributed by atoms with Crippen LogP contribution in [0.1, 0.15) is 101 Å². The van der Waals surface area contributed by atoms with Gasteiger partial charge in [-0.3, -0.25) is 0 Å². The molecule has 0 amide bonds. The summed E-state index contributed by atoms with van der Waals surface area (Å²) in [5.41, 5.74) is 3.77. The molecule has 168 valence electrons. The van der Waals surface area contributed by atoms with Crippen LogP contribution >= 0.6 is 0 Å². The number of rotatable bonds is 9. The molecular formula is C28H36F2O. The average molecular weight is 427 g/mol. The smallest absolute Gasteiger partial charge is 0.169 e. The van der Waals surface area contributed by atoms with Gasteiger partial charge < -0.3 is 4.74 Å². The molecule has 0 N–H and O–H groups in total. The highest BCUT2D eigenvalue weighted by molar-refractivity contribution is 5.78. The van der Waals surface area contributed by atoms with Crippen molar-refractivity contribution in [1.82, 2.24) is 0 Å². The Hall–Kier alpha value is -1.90. The molecular weight excluding hydrogens is 390 g/mol. The maximum Gasteiger partial charge on any atom is 0.169 e. The maximum atomic E-state index is 15.6. The van der Waals surface area contributed by atoms with Gasteiger partial charge in [-0.25, -0.2) is 8.78 Å². The van der Waals surface area contributed by atoms with E-state index in [9.17, 15) is 0 Å². The van der Waals surface area contributed by atoms with Crippen LogP contribution in [0.2, 0.25) is 0 Å². The van der Waals surface area contributed by atoms with Crippen LogP contribution in [0.25, 0.3) is 11.1 Å². The Morgan fingerprint density at radius 1 is 0.806 bits per heavy atom. The summed E-state index contributed by atoms with van der Waals surface area (Å²) in [7, 11) is 0. The lowest BCUT2D eigenvalue weighted by Crippen LogP contribution is -2.15. The molecule has 3 heteroatoms. The lowest BCUT2D eigenvalue weighted by atomic mass is 9.76. The Kier molecular flexibility index (Phi) is 7.30. The lowest BCUT2D eigenvalue weighted by molar-refractivity contribution is 0.293. The summed E-state index contributed by atoms with van der Waals surface area (Å²) in [4.78, 5) is 0. The summed E-state index contributed by atoms with van der Waals surface area (Å²) < 4.78 is 36.3. The van der Waals surface area contributed by atoms with Crippen LogP contribution in [0.4, 0.5) is 8.78 Å². The molecule has 0 heterocycles. The minimum Gasteiger partial charge on any atom is -0.491 e. The van der Waals surface area contributed by atoms with Crippen molar-refractivity contribution >= 4 is 0 Å². The van der Waals surface area contributed by atoms with Gasteiger partial charge in [-0.05, 0) is 66.7 Å². The highest BCUT2D eigenvalue weighted by Gasteiger charge is 2.30. The molecule has 2 aliphatic rings. The summed E-state index contributed by atoms with van der Waals surface area (Å²) in [6, 6.07) is 7.58. The molecule has 0 bridgehead atoms. The lowest BCUT2D eigenvalue weighted by Gasteiger charge is -2.29. The SMILES string of the molecule is CCCCC[C@H]1CC[C@H](c2ccc3c(c2F)Cc2c-3ccc(OCCCC)c2F)CC1. The van der Waals surface area contributed by atoms with E-state index >= 15 is 8.78 Å². The number of ether oxygens (including phenoxy) is 1. The summed E-state index contributed by atoms with van der Waals surface area (Å²) in [6.07, 6.45) is 12.0. The normalized spacial score (nSPS) is 19.9. The van der Waals surface area contributed by atoms with Gasteiger partial charge in [-0.15, -0.1) is 0 Å². The third-order valence-corrected chi connectivity index (χ3v) is 7.38. The molecule has 0 saturated heterocycles. The van der Waals surface area contributed by atoms with E-state index in [1.807, 2.05) is 18.2 Å². The highest BCUT2D eigenvalue weighted by atomic mass is 19.1. The Balaban J connectivity index is 1.48. The molecule has 1 nitrogen and oxygen atoms in total. The summed E-state index contributed by atoms with van der Waals surface area (Å²) >= 11 is 0. The van der Waals surface area contributed by atoms with E-state index in [0.717, 1.165) is 48.3 Å². The van der Waals surface area contributed by atoms with Crippen LogP contribution < -0.4 is 4.74 Å². The summed E-state index contributed by atoms with van der Waals surface area (Å²) in [5.74, 6) is 0.982. The van der Waals surface area contributed by atoms with E-state index < -0.39 is 0 Å². The quantitative estimate of drug-likeness (QED) is 0.311. The van der Waals surface area contributed by atoms with Crippen LogP contribution in [0.5, 0.6) is 5.75 Å². The second-order valence-corrected chi connectivity index (χ2v) is 9.49. The molecule has 0 aliphatic heterocycles. The van der Waals surface area contributed by atoms with Crippen molar-refractivity contribution in [2.75, 3.05) is 6.61 Å². The van der Waals surface area contributed by atoms with Crippen LogP contribution in [-0.4, -0.2) is 6.61 Å². The number of fused-ring (bicyclic) bond motifs is 3. The zero-order valence-electron chi connectivity index (χ0n) is 19.1. The number of unbranched alkanes of at least 4 members (excludes halogenated alkanes) is 3. The van der Waals surface area contributed by atoms with Gasteiger partial charge in [0.05, 0.1) is 6.61 Å². The predicted molar refractivity (Wildman–Crippen MR) is 124 cm³/mol. The minimum atomic E-state index is -0.321. The topological polar surface area (TPSA) is 9.23 Å². The molecule has 0 atom stereocenters. The van der Waals surface area contributed by atoms with Gasteiger partial charge in [-0.1, -0.05) is 64.2 Å². The highest BCUT2D eigenvalue weighted by Crippen LogP contribution is 2.45. The maximum absolute atomic E-state index is 15.6. The first-order chi connectivity index (χ1) is 15.1. The van der Waals surface area contributed by atoms with Crippen LogP contribution in [0, 0.1) is 17.6 Å². The summed E-state index contributed by atoms with van der Waals surface area (Å²) in [5, 5.41) is 0. The van der Waals surface area contributed by atoms with Crippen molar-refractivity contribution in [3.8, 4) is 16.9 Å². The molecule has 0 spiro atoms. The van der Waals surface area contributed by atoms with E-state index in [1.165, 1.54) is 38.5 Å². The van der Waals surface area contributed by atoms with Gasteiger partial charge in [0, 0.05) is 17.5 Å². The van der Waals surface area contributed by atoms with Crippen molar-refractivity contribution in [3.63, 3.8) is 0 Å². The largest absolute Gasteiger partial charge is 0.491 e. The first kappa shape index (κ1) is 22.3. The van der Waals surface area contributed by atoms with Crippen molar-refractivity contribution < 1.29 is 13.5 Å². The Labute approximate surface area is 186 Å². The van der Waals surface area contributed by atoms with E-state index in [4.69, 9.17) is 4.74 Å². The molecule has 2 aromatic rings. The first-order valence-electron chi connectivity index (χ1n) is 12.4. The average Bonchev–Trinajstić information content (AvgIpc) is 3.17. The monoisotopic (exact) mass is 426 g/mol. The second-order valence-electron chi connectivity index (χ2n) is 9.49. The van der Waals surface area contributed by atoms with Crippen molar-refractivity contribution in [3.05, 3.63) is 52.6 Å². The van der Waals surface area contributed by atoms with Crippen molar-refractivity contribution in [1.29, 1.82) is 0 Å². The van der Waals surface area contributed by atoms with Gasteiger partial charge in [0.2, 0.25) is 0 Å². The standard InChI is InChI=1S/C28H36F2O/c1-3-5-7-8-19-9-11-20(12-10-19)21-13-14-22-23-15-16-26(31-17-6-4-2)28(30)25(23)18-24(22)27(21)29/h13-16,19-20H,3-12,17-18H2,1-2H3/t19-,20-. The van der Waals surface area contributed by atoms with Crippen molar-refractivity contribution in [2.45, 2.75) is 90.4 Å². The van der Waals surface area contributed by atoms with E-state index in [2.05, 4.69) is 13.8 Å². The Bertz CT molecular complexity index is 896. The fourth-order valence-electron chi connectivity index (χ4n) is 5.46. The van der Waals surface area contributed by atoms with Gasteiger partial charge >= 0.3 is 0 Å².